The molecule has 0 spiro atoms. The minimum atomic E-state index is -0.325. The van der Waals surface area contributed by atoms with Crippen LogP contribution in [0.15, 0.2) is 16.6 Å². The molecule has 1 aliphatic rings. The van der Waals surface area contributed by atoms with Crippen molar-refractivity contribution in [1.82, 2.24) is 0 Å². The molecule has 0 bridgehead atoms. The minimum absolute atomic E-state index is 0.158. The van der Waals surface area contributed by atoms with Gasteiger partial charge in [-0.25, -0.2) is 4.39 Å². The Morgan fingerprint density at radius 3 is 2.71 bits per heavy atom. The minimum Gasteiger partial charge on any atom is -0.397 e. The second kappa shape index (κ2) is 3.12. The quantitative estimate of drug-likeness (QED) is 0.801. The largest absolute Gasteiger partial charge is 0.397 e. The lowest BCUT2D eigenvalue weighted by Crippen LogP contribution is -2.17. The zero-order chi connectivity index (χ0) is 10.3. The topological polar surface area (TPSA) is 38.0 Å². The summed E-state index contributed by atoms with van der Waals surface area (Å²) in [6.07, 6.45) is 2.28. The number of benzene rings is 1. The summed E-state index contributed by atoms with van der Waals surface area (Å²) in [4.78, 5) is 0. The summed E-state index contributed by atoms with van der Waals surface area (Å²) in [5.74, 6) is -0.325. The molecule has 3 N–H and O–H groups in total. The summed E-state index contributed by atoms with van der Waals surface area (Å²) in [5.41, 5.74) is 7.12. The van der Waals surface area contributed by atoms with Gasteiger partial charge in [-0.05, 0) is 41.8 Å². The number of hydrogen-bond acceptors (Lipinski definition) is 2. The fourth-order valence-corrected chi connectivity index (χ4v) is 1.65. The molecule has 1 fully saturated rings. The van der Waals surface area contributed by atoms with E-state index in [4.69, 9.17) is 5.73 Å². The number of nitrogens with two attached hydrogens (primary N) is 1. The predicted octanol–water partition coefficient (Wildman–Crippen LogP) is 3.13. The highest BCUT2D eigenvalue weighted by Gasteiger charge is 2.37. The molecule has 0 radical (unpaired) electrons. The van der Waals surface area contributed by atoms with Gasteiger partial charge in [-0.2, -0.15) is 0 Å². The summed E-state index contributed by atoms with van der Waals surface area (Å²) in [5, 5.41) is 3.31. The lowest BCUT2D eigenvalue weighted by Gasteiger charge is -2.15. The van der Waals surface area contributed by atoms with Crippen LogP contribution in [0.5, 0.6) is 0 Å². The number of anilines is 2. The first-order chi connectivity index (χ1) is 6.50. The fraction of sp³-hybridized carbons (Fsp3) is 0.400. The predicted molar refractivity (Wildman–Crippen MR) is 59.8 cm³/mol. The average molecular weight is 259 g/mol. The maximum absolute atomic E-state index is 13.1. The van der Waals surface area contributed by atoms with E-state index in [2.05, 4.69) is 28.2 Å². The highest BCUT2D eigenvalue weighted by Crippen LogP contribution is 2.40. The second-order valence-corrected chi connectivity index (χ2v) is 4.89. The average Bonchev–Trinajstić information content (AvgIpc) is 2.80. The molecule has 0 heterocycles. The molecule has 0 aliphatic heterocycles. The van der Waals surface area contributed by atoms with Crippen LogP contribution in [-0.4, -0.2) is 5.54 Å². The van der Waals surface area contributed by atoms with Crippen molar-refractivity contribution in [3.63, 3.8) is 0 Å². The van der Waals surface area contributed by atoms with Gasteiger partial charge in [-0.1, -0.05) is 0 Å². The fourth-order valence-electron chi connectivity index (χ4n) is 1.31. The van der Waals surface area contributed by atoms with E-state index in [1.165, 1.54) is 6.07 Å². The first-order valence-corrected chi connectivity index (χ1v) is 5.32. The lowest BCUT2D eigenvalue weighted by molar-refractivity contribution is 0.622. The van der Waals surface area contributed by atoms with Crippen molar-refractivity contribution in [3.05, 3.63) is 22.4 Å². The van der Waals surface area contributed by atoms with E-state index < -0.39 is 0 Å². The lowest BCUT2D eigenvalue weighted by atomic mass is 10.2. The van der Waals surface area contributed by atoms with Crippen LogP contribution >= 0.6 is 15.9 Å². The summed E-state index contributed by atoms with van der Waals surface area (Å²) in [6, 6.07) is 3.02. The standard InChI is InChI=1S/C10H12BrFN2/c1-10(2-3-10)14-9-4-6(11)7(12)5-8(9)13/h4-5,14H,2-3,13H2,1H3. The molecule has 76 valence electrons. The Balaban J connectivity index is 2.29. The smallest absolute Gasteiger partial charge is 0.139 e. The van der Waals surface area contributed by atoms with E-state index in [-0.39, 0.29) is 11.4 Å². The maximum Gasteiger partial charge on any atom is 0.139 e. The van der Waals surface area contributed by atoms with Crippen molar-refractivity contribution in [1.29, 1.82) is 0 Å². The number of hydrogen-bond donors (Lipinski definition) is 2. The first kappa shape index (κ1) is 9.77. The first-order valence-electron chi connectivity index (χ1n) is 4.53. The van der Waals surface area contributed by atoms with Crippen molar-refractivity contribution in [3.8, 4) is 0 Å². The van der Waals surface area contributed by atoms with Crippen LogP contribution in [-0.2, 0) is 0 Å². The van der Waals surface area contributed by atoms with Crippen molar-refractivity contribution < 1.29 is 4.39 Å². The Morgan fingerprint density at radius 2 is 2.14 bits per heavy atom. The van der Waals surface area contributed by atoms with Crippen LogP contribution in [0.2, 0.25) is 0 Å². The molecule has 14 heavy (non-hydrogen) atoms. The molecule has 4 heteroatoms. The van der Waals surface area contributed by atoms with E-state index in [0.29, 0.717) is 10.2 Å². The van der Waals surface area contributed by atoms with E-state index in [0.717, 1.165) is 18.5 Å². The Hall–Kier alpha value is -0.770. The van der Waals surface area contributed by atoms with Crippen molar-refractivity contribution in [2.75, 3.05) is 11.1 Å². The second-order valence-electron chi connectivity index (χ2n) is 4.04. The normalized spacial score (nSPS) is 17.9. The van der Waals surface area contributed by atoms with Gasteiger partial charge in [0.05, 0.1) is 15.8 Å². The van der Waals surface area contributed by atoms with Crippen molar-refractivity contribution in [2.24, 2.45) is 0 Å². The van der Waals surface area contributed by atoms with Gasteiger partial charge in [0.25, 0.3) is 0 Å². The van der Waals surface area contributed by atoms with E-state index in [1.54, 1.807) is 6.07 Å². The van der Waals surface area contributed by atoms with Crippen molar-refractivity contribution >= 4 is 27.3 Å². The molecule has 2 nitrogen and oxygen atoms in total. The molecule has 0 aromatic heterocycles. The van der Waals surface area contributed by atoms with Gasteiger partial charge in [0, 0.05) is 11.6 Å². The van der Waals surface area contributed by atoms with E-state index >= 15 is 0 Å². The molecular formula is C10H12BrFN2. The molecule has 1 aliphatic carbocycles. The van der Waals surface area contributed by atoms with Crippen LogP contribution in [0, 0.1) is 5.82 Å². The molecule has 0 amide bonds. The summed E-state index contributed by atoms with van der Waals surface area (Å²) < 4.78 is 13.5. The Kier molecular flexibility index (Phi) is 2.18. The zero-order valence-corrected chi connectivity index (χ0v) is 9.49. The summed E-state index contributed by atoms with van der Waals surface area (Å²) in [6.45, 7) is 2.13. The maximum atomic E-state index is 13.1. The summed E-state index contributed by atoms with van der Waals surface area (Å²) in [7, 11) is 0. The van der Waals surface area contributed by atoms with Crippen LogP contribution < -0.4 is 11.1 Å². The Labute approximate surface area is 90.8 Å². The third-order valence-electron chi connectivity index (χ3n) is 2.53. The van der Waals surface area contributed by atoms with Gasteiger partial charge >= 0.3 is 0 Å². The third kappa shape index (κ3) is 1.85. The van der Waals surface area contributed by atoms with Gasteiger partial charge in [0.1, 0.15) is 5.82 Å². The van der Waals surface area contributed by atoms with Crippen LogP contribution in [0.25, 0.3) is 0 Å². The van der Waals surface area contributed by atoms with Crippen molar-refractivity contribution in [2.45, 2.75) is 25.3 Å². The number of nitrogens with one attached hydrogen (secondary N) is 1. The van der Waals surface area contributed by atoms with E-state index in [1.807, 2.05) is 0 Å². The molecule has 0 atom stereocenters. The third-order valence-corrected chi connectivity index (χ3v) is 3.14. The SMILES string of the molecule is CC1(Nc2cc(Br)c(F)cc2N)CC1. The number of halogens is 2. The Bertz CT molecular complexity index is 375. The molecule has 1 aromatic rings. The number of rotatable bonds is 2. The summed E-state index contributed by atoms with van der Waals surface area (Å²) >= 11 is 3.14. The molecule has 1 saturated carbocycles. The van der Waals surface area contributed by atoms with Crippen LogP contribution in [0.4, 0.5) is 15.8 Å². The van der Waals surface area contributed by atoms with Gasteiger partial charge < -0.3 is 11.1 Å². The van der Waals surface area contributed by atoms with Crippen LogP contribution in [0.1, 0.15) is 19.8 Å². The molecular weight excluding hydrogens is 247 g/mol. The van der Waals surface area contributed by atoms with Gasteiger partial charge in [0.2, 0.25) is 0 Å². The van der Waals surface area contributed by atoms with Crippen LogP contribution in [0.3, 0.4) is 0 Å². The highest BCUT2D eigenvalue weighted by molar-refractivity contribution is 9.10. The molecule has 0 unspecified atom stereocenters. The van der Waals surface area contributed by atoms with Gasteiger partial charge in [-0.3, -0.25) is 0 Å². The van der Waals surface area contributed by atoms with Gasteiger partial charge in [-0.15, -0.1) is 0 Å². The number of nitrogen functional groups attached to an aromatic ring is 1. The monoisotopic (exact) mass is 258 g/mol. The molecule has 0 saturated heterocycles. The zero-order valence-electron chi connectivity index (χ0n) is 7.90. The Morgan fingerprint density at radius 1 is 1.50 bits per heavy atom. The molecule has 1 aromatic carbocycles. The molecule has 2 rings (SSSR count). The van der Waals surface area contributed by atoms with E-state index in [9.17, 15) is 4.39 Å². The van der Waals surface area contributed by atoms with Gasteiger partial charge in [0.15, 0.2) is 0 Å². The highest BCUT2D eigenvalue weighted by atomic mass is 79.9.